The van der Waals surface area contributed by atoms with Gasteiger partial charge in [-0.1, -0.05) is 6.92 Å². The van der Waals surface area contributed by atoms with Gasteiger partial charge >= 0.3 is 0 Å². The number of hydrogen-bond donors (Lipinski definition) is 2. The van der Waals surface area contributed by atoms with Crippen LogP contribution in [-0.2, 0) is 0 Å². The summed E-state index contributed by atoms with van der Waals surface area (Å²) in [7, 11) is 0. The summed E-state index contributed by atoms with van der Waals surface area (Å²) in [4.78, 5) is 11.6. The van der Waals surface area contributed by atoms with Gasteiger partial charge in [0.25, 0.3) is 5.91 Å². The fraction of sp³-hybridized carbons (Fsp3) is 0.417. The van der Waals surface area contributed by atoms with Crippen molar-refractivity contribution >= 4 is 5.91 Å². The number of hydrogen-bond acceptors (Lipinski definition) is 2. The highest BCUT2D eigenvalue weighted by Crippen LogP contribution is 2.10. The van der Waals surface area contributed by atoms with Crippen molar-refractivity contribution in [3.63, 3.8) is 0 Å². The molecule has 0 fully saturated rings. The first kappa shape index (κ1) is 13.6. The maximum Gasteiger partial charge on any atom is 0.254 e. The van der Waals surface area contributed by atoms with E-state index in [4.69, 9.17) is 5.11 Å². The Balaban J connectivity index is 2.79. The SMILES string of the molecule is CC(CO)C(C)NC(=O)c1cc(F)ccc1F. The number of aliphatic hydroxyl groups is 1. The highest BCUT2D eigenvalue weighted by molar-refractivity contribution is 5.94. The Labute approximate surface area is 98.5 Å². The van der Waals surface area contributed by atoms with Crippen molar-refractivity contribution in [1.82, 2.24) is 5.32 Å². The Morgan fingerprint density at radius 2 is 2.06 bits per heavy atom. The van der Waals surface area contributed by atoms with Gasteiger partial charge in [-0.15, -0.1) is 0 Å². The Bertz CT molecular complexity index is 409. The molecule has 0 aliphatic rings. The lowest BCUT2D eigenvalue weighted by Crippen LogP contribution is -2.38. The molecule has 5 heteroatoms. The highest BCUT2D eigenvalue weighted by atomic mass is 19.1. The maximum atomic E-state index is 13.3. The number of amides is 1. The first-order valence-electron chi connectivity index (χ1n) is 5.32. The predicted molar refractivity (Wildman–Crippen MR) is 59.5 cm³/mol. The molecule has 2 atom stereocenters. The summed E-state index contributed by atoms with van der Waals surface area (Å²) in [5, 5.41) is 11.4. The molecule has 0 spiro atoms. The van der Waals surface area contributed by atoms with Gasteiger partial charge in [0, 0.05) is 12.6 Å². The predicted octanol–water partition coefficient (Wildman–Crippen LogP) is 1.71. The van der Waals surface area contributed by atoms with E-state index in [1.54, 1.807) is 13.8 Å². The second-order valence-electron chi connectivity index (χ2n) is 4.05. The molecule has 0 aliphatic carbocycles. The molecule has 0 radical (unpaired) electrons. The topological polar surface area (TPSA) is 49.3 Å². The fourth-order valence-corrected chi connectivity index (χ4v) is 1.26. The molecule has 0 aliphatic heterocycles. The van der Waals surface area contributed by atoms with Gasteiger partial charge < -0.3 is 10.4 Å². The van der Waals surface area contributed by atoms with Crippen LogP contribution in [0.15, 0.2) is 18.2 Å². The highest BCUT2D eigenvalue weighted by Gasteiger charge is 2.18. The van der Waals surface area contributed by atoms with E-state index in [2.05, 4.69) is 5.32 Å². The summed E-state index contributed by atoms with van der Waals surface area (Å²) in [6, 6.07) is 2.38. The van der Waals surface area contributed by atoms with Gasteiger partial charge in [0.2, 0.25) is 0 Å². The standard InChI is InChI=1S/C12H15F2NO2/c1-7(6-16)8(2)15-12(17)10-5-9(13)3-4-11(10)14/h3-5,7-8,16H,6H2,1-2H3,(H,15,17). The molecular weight excluding hydrogens is 228 g/mol. The lowest BCUT2D eigenvalue weighted by atomic mass is 10.0. The van der Waals surface area contributed by atoms with Gasteiger partial charge in [0.1, 0.15) is 11.6 Å². The van der Waals surface area contributed by atoms with Crippen LogP contribution in [0.25, 0.3) is 0 Å². The number of carbonyl (C=O) groups excluding carboxylic acids is 1. The van der Waals surface area contributed by atoms with E-state index in [0.29, 0.717) is 0 Å². The zero-order valence-corrected chi connectivity index (χ0v) is 9.71. The van der Waals surface area contributed by atoms with Gasteiger partial charge in [0.05, 0.1) is 5.56 Å². The van der Waals surface area contributed by atoms with Crippen molar-refractivity contribution < 1.29 is 18.7 Å². The van der Waals surface area contributed by atoms with Gasteiger partial charge in [-0.05, 0) is 31.0 Å². The van der Waals surface area contributed by atoms with Crippen LogP contribution in [0.5, 0.6) is 0 Å². The Morgan fingerprint density at radius 3 is 2.65 bits per heavy atom. The minimum Gasteiger partial charge on any atom is -0.396 e. The van der Waals surface area contributed by atoms with Crippen molar-refractivity contribution in [2.75, 3.05) is 6.61 Å². The van der Waals surface area contributed by atoms with E-state index in [-0.39, 0.29) is 24.1 Å². The van der Waals surface area contributed by atoms with Crippen molar-refractivity contribution in [3.05, 3.63) is 35.4 Å². The van der Waals surface area contributed by atoms with E-state index < -0.39 is 17.5 Å². The summed E-state index contributed by atoms with van der Waals surface area (Å²) in [6.07, 6.45) is 0. The van der Waals surface area contributed by atoms with Crippen LogP contribution in [-0.4, -0.2) is 23.7 Å². The summed E-state index contributed by atoms with van der Waals surface area (Å²) < 4.78 is 26.2. The van der Waals surface area contributed by atoms with Gasteiger partial charge in [-0.25, -0.2) is 8.78 Å². The van der Waals surface area contributed by atoms with Crippen LogP contribution in [0.1, 0.15) is 24.2 Å². The van der Waals surface area contributed by atoms with E-state index in [1.165, 1.54) is 0 Å². The molecule has 0 heterocycles. The van der Waals surface area contributed by atoms with E-state index in [1.807, 2.05) is 0 Å². The molecule has 1 rings (SSSR count). The van der Waals surface area contributed by atoms with Crippen molar-refractivity contribution in [2.45, 2.75) is 19.9 Å². The molecule has 94 valence electrons. The largest absolute Gasteiger partial charge is 0.396 e. The zero-order chi connectivity index (χ0) is 13.0. The molecule has 1 aromatic carbocycles. The third-order valence-electron chi connectivity index (χ3n) is 2.67. The Kier molecular flexibility index (Phi) is 4.57. The zero-order valence-electron chi connectivity index (χ0n) is 9.71. The van der Waals surface area contributed by atoms with Crippen LogP contribution in [0.2, 0.25) is 0 Å². The number of rotatable bonds is 4. The van der Waals surface area contributed by atoms with Crippen molar-refractivity contribution in [2.24, 2.45) is 5.92 Å². The molecule has 0 aromatic heterocycles. The van der Waals surface area contributed by atoms with Crippen molar-refractivity contribution in [3.8, 4) is 0 Å². The molecule has 1 aromatic rings. The molecule has 0 saturated carbocycles. The molecular formula is C12H15F2NO2. The summed E-state index contributed by atoms with van der Waals surface area (Å²) >= 11 is 0. The van der Waals surface area contributed by atoms with Crippen LogP contribution < -0.4 is 5.32 Å². The summed E-state index contributed by atoms with van der Waals surface area (Å²) in [5.41, 5.74) is -0.331. The van der Waals surface area contributed by atoms with E-state index in [0.717, 1.165) is 18.2 Å². The number of aliphatic hydroxyl groups excluding tert-OH is 1. The second kappa shape index (κ2) is 5.72. The minimum absolute atomic E-state index is 0.0902. The second-order valence-corrected chi connectivity index (χ2v) is 4.05. The first-order chi connectivity index (χ1) is 7.95. The first-order valence-corrected chi connectivity index (χ1v) is 5.32. The third kappa shape index (κ3) is 3.49. The quantitative estimate of drug-likeness (QED) is 0.845. The smallest absolute Gasteiger partial charge is 0.254 e. The fourth-order valence-electron chi connectivity index (χ4n) is 1.26. The molecule has 0 saturated heterocycles. The average Bonchev–Trinajstić information content (AvgIpc) is 2.30. The number of nitrogens with one attached hydrogen (secondary N) is 1. The molecule has 17 heavy (non-hydrogen) atoms. The molecule has 0 bridgehead atoms. The van der Waals surface area contributed by atoms with Gasteiger partial charge in [0.15, 0.2) is 0 Å². The van der Waals surface area contributed by atoms with Crippen LogP contribution in [0, 0.1) is 17.6 Å². The number of halogens is 2. The molecule has 2 unspecified atom stereocenters. The Morgan fingerprint density at radius 1 is 1.41 bits per heavy atom. The summed E-state index contributed by atoms with van der Waals surface area (Å²) in [5.74, 6) is -2.28. The van der Waals surface area contributed by atoms with Gasteiger partial charge in [-0.2, -0.15) is 0 Å². The van der Waals surface area contributed by atoms with Crippen molar-refractivity contribution in [1.29, 1.82) is 0 Å². The molecule has 2 N–H and O–H groups in total. The normalized spacial score (nSPS) is 14.2. The molecule has 1 amide bonds. The molecule has 3 nitrogen and oxygen atoms in total. The van der Waals surface area contributed by atoms with Crippen LogP contribution in [0.4, 0.5) is 8.78 Å². The summed E-state index contributed by atoms with van der Waals surface area (Å²) in [6.45, 7) is 3.34. The lowest BCUT2D eigenvalue weighted by Gasteiger charge is -2.19. The number of benzene rings is 1. The van der Waals surface area contributed by atoms with Crippen LogP contribution in [0.3, 0.4) is 0 Å². The maximum absolute atomic E-state index is 13.3. The average molecular weight is 243 g/mol. The van der Waals surface area contributed by atoms with Crippen LogP contribution >= 0.6 is 0 Å². The Hall–Kier alpha value is -1.49. The lowest BCUT2D eigenvalue weighted by molar-refractivity contribution is 0.0911. The van der Waals surface area contributed by atoms with E-state index >= 15 is 0 Å². The number of carbonyl (C=O) groups is 1. The van der Waals surface area contributed by atoms with Gasteiger partial charge in [-0.3, -0.25) is 4.79 Å². The third-order valence-corrected chi connectivity index (χ3v) is 2.67. The minimum atomic E-state index is -0.771. The van der Waals surface area contributed by atoms with E-state index in [9.17, 15) is 13.6 Å². The monoisotopic (exact) mass is 243 g/mol.